The highest BCUT2D eigenvalue weighted by atomic mass is 16.4. The fraction of sp³-hybridized carbons (Fsp3) is 0.714. The van der Waals surface area contributed by atoms with E-state index in [2.05, 4.69) is 0 Å². The normalized spacial score (nSPS) is 14.1. The molecular formula is C7H13NO3. The summed E-state index contributed by atoms with van der Waals surface area (Å²) in [6.45, 7) is 4.99. The Morgan fingerprint density at radius 2 is 1.73 bits per heavy atom. The van der Waals surface area contributed by atoms with Crippen LogP contribution in [0.5, 0.6) is 0 Å². The first kappa shape index (κ1) is 9.94. The molecule has 64 valence electrons. The molecule has 11 heavy (non-hydrogen) atoms. The zero-order valence-corrected chi connectivity index (χ0v) is 6.92. The number of carbonyl (C=O) groups is 2. The van der Waals surface area contributed by atoms with Crippen molar-refractivity contribution in [3.05, 3.63) is 0 Å². The molecule has 3 N–H and O–H groups in total. The Kier molecular flexibility index (Phi) is 2.62. The summed E-state index contributed by atoms with van der Waals surface area (Å²) in [5.41, 5.74) is 4.29. The van der Waals surface area contributed by atoms with Gasteiger partial charge in [0.2, 0.25) is 5.91 Å². The van der Waals surface area contributed by atoms with E-state index in [1.165, 1.54) is 0 Å². The molecule has 0 rings (SSSR count). The van der Waals surface area contributed by atoms with Gasteiger partial charge in [-0.05, 0) is 5.41 Å². The minimum absolute atomic E-state index is 0.613. The van der Waals surface area contributed by atoms with Crippen LogP contribution >= 0.6 is 0 Å². The maximum Gasteiger partial charge on any atom is 0.316 e. The number of carboxylic acid groups (broad SMARTS) is 1. The molecule has 1 unspecified atom stereocenters. The lowest BCUT2D eigenvalue weighted by molar-refractivity contribution is -0.150. The van der Waals surface area contributed by atoms with Crippen molar-refractivity contribution in [3.8, 4) is 0 Å². The molecule has 0 aliphatic heterocycles. The minimum atomic E-state index is -1.16. The summed E-state index contributed by atoms with van der Waals surface area (Å²) in [5, 5.41) is 8.58. The van der Waals surface area contributed by atoms with Gasteiger partial charge in [-0.1, -0.05) is 20.8 Å². The van der Waals surface area contributed by atoms with E-state index in [1.807, 2.05) is 0 Å². The van der Waals surface area contributed by atoms with Crippen molar-refractivity contribution in [2.45, 2.75) is 20.8 Å². The minimum Gasteiger partial charge on any atom is -0.481 e. The smallest absolute Gasteiger partial charge is 0.316 e. The van der Waals surface area contributed by atoms with Gasteiger partial charge in [-0.2, -0.15) is 0 Å². The molecule has 0 saturated heterocycles. The van der Waals surface area contributed by atoms with Gasteiger partial charge in [-0.15, -0.1) is 0 Å². The van der Waals surface area contributed by atoms with Crippen molar-refractivity contribution in [2.75, 3.05) is 0 Å². The van der Waals surface area contributed by atoms with Gasteiger partial charge >= 0.3 is 5.97 Å². The van der Waals surface area contributed by atoms with Gasteiger partial charge in [-0.25, -0.2) is 0 Å². The highest BCUT2D eigenvalue weighted by molar-refractivity contribution is 5.96. The highest BCUT2D eigenvalue weighted by Gasteiger charge is 2.35. The van der Waals surface area contributed by atoms with E-state index >= 15 is 0 Å². The molecule has 0 saturated carbocycles. The molecule has 0 aliphatic rings. The molecule has 0 fully saturated rings. The van der Waals surface area contributed by atoms with Crippen LogP contribution in [0.2, 0.25) is 0 Å². The van der Waals surface area contributed by atoms with Crippen LogP contribution < -0.4 is 5.73 Å². The summed E-state index contributed by atoms with van der Waals surface area (Å²) in [5.74, 6) is -3.06. The van der Waals surface area contributed by atoms with E-state index in [0.29, 0.717) is 0 Å². The van der Waals surface area contributed by atoms with E-state index in [4.69, 9.17) is 10.8 Å². The monoisotopic (exact) mass is 159 g/mol. The van der Waals surface area contributed by atoms with E-state index < -0.39 is 23.2 Å². The molecule has 1 atom stereocenters. The average Bonchev–Trinajstić information content (AvgIpc) is 1.54. The van der Waals surface area contributed by atoms with Crippen LogP contribution in [0.15, 0.2) is 0 Å². The number of carboxylic acids is 1. The lowest BCUT2D eigenvalue weighted by atomic mass is 9.80. The second kappa shape index (κ2) is 2.90. The van der Waals surface area contributed by atoms with E-state index in [1.54, 1.807) is 20.8 Å². The summed E-state index contributed by atoms with van der Waals surface area (Å²) in [6.07, 6.45) is 0. The zero-order chi connectivity index (χ0) is 9.23. The second-order valence-corrected chi connectivity index (χ2v) is 3.54. The van der Waals surface area contributed by atoms with Crippen molar-refractivity contribution in [3.63, 3.8) is 0 Å². The Balaban J connectivity index is 4.63. The van der Waals surface area contributed by atoms with E-state index in [0.717, 1.165) is 0 Å². The molecule has 1 amide bonds. The van der Waals surface area contributed by atoms with E-state index in [9.17, 15) is 9.59 Å². The second-order valence-electron chi connectivity index (χ2n) is 3.54. The predicted octanol–water partition coefficient (Wildman–Crippen LogP) is 0.219. The quantitative estimate of drug-likeness (QED) is 0.565. The Labute approximate surface area is 65.4 Å². The largest absolute Gasteiger partial charge is 0.481 e. The number of nitrogens with two attached hydrogens (primary N) is 1. The lowest BCUT2D eigenvalue weighted by Gasteiger charge is -2.23. The molecule has 0 aromatic carbocycles. The molecular weight excluding hydrogens is 146 g/mol. The SMILES string of the molecule is CC(C)(C)C(C(N)=O)C(=O)O. The first-order valence-electron chi connectivity index (χ1n) is 3.29. The molecule has 4 heteroatoms. The molecule has 0 heterocycles. The van der Waals surface area contributed by atoms with E-state index in [-0.39, 0.29) is 0 Å². The Hall–Kier alpha value is -1.06. The highest BCUT2D eigenvalue weighted by Crippen LogP contribution is 2.25. The molecule has 0 spiro atoms. The maximum absolute atomic E-state index is 10.6. The molecule has 4 nitrogen and oxygen atoms in total. The van der Waals surface area contributed by atoms with Crippen molar-refractivity contribution in [2.24, 2.45) is 17.1 Å². The molecule has 0 bridgehead atoms. The summed E-state index contributed by atoms with van der Waals surface area (Å²) in [7, 11) is 0. The lowest BCUT2D eigenvalue weighted by Crippen LogP contribution is -2.39. The molecule has 0 aromatic rings. The van der Waals surface area contributed by atoms with Gasteiger partial charge < -0.3 is 10.8 Å². The third-order valence-electron chi connectivity index (χ3n) is 1.40. The van der Waals surface area contributed by atoms with Crippen LogP contribution in [0.25, 0.3) is 0 Å². The third-order valence-corrected chi connectivity index (χ3v) is 1.40. The van der Waals surface area contributed by atoms with Gasteiger partial charge in [0.1, 0.15) is 5.92 Å². The summed E-state index contributed by atoms with van der Waals surface area (Å²) < 4.78 is 0. The number of hydrogen-bond donors (Lipinski definition) is 2. The third kappa shape index (κ3) is 2.57. The number of amides is 1. The topological polar surface area (TPSA) is 80.4 Å². The number of aliphatic carboxylic acids is 1. The first-order valence-corrected chi connectivity index (χ1v) is 3.29. The van der Waals surface area contributed by atoms with Gasteiger partial charge in [0.05, 0.1) is 0 Å². The Morgan fingerprint density at radius 3 is 1.73 bits per heavy atom. The molecule has 0 radical (unpaired) electrons. The van der Waals surface area contributed by atoms with Gasteiger partial charge in [0, 0.05) is 0 Å². The number of hydrogen-bond acceptors (Lipinski definition) is 2. The first-order chi connectivity index (χ1) is 4.76. The van der Waals surface area contributed by atoms with Crippen LogP contribution in [-0.2, 0) is 9.59 Å². The standard InChI is InChI=1S/C7H13NO3/c1-7(2,3)4(5(8)9)6(10)11/h4H,1-3H3,(H2,8,9)(H,10,11). The number of carbonyl (C=O) groups excluding carboxylic acids is 1. The fourth-order valence-electron chi connectivity index (χ4n) is 0.919. The average molecular weight is 159 g/mol. The summed E-state index contributed by atoms with van der Waals surface area (Å²) in [4.78, 5) is 21.1. The van der Waals surface area contributed by atoms with Crippen molar-refractivity contribution in [1.29, 1.82) is 0 Å². The maximum atomic E-state index is 10.6. The van der Waals surface area contributed by atoms with Crippen LogP contribution in [0, 0.1) is 11.3 Å². The van der Waals surface area contributed by atoms with Gasteiger partial charge in [-0.3, -0.25) is 9.59 Å². The van der Waals surface area contributed by atoms with Crippen molar-refractivity contribution in [1.82, 2.24) is 0 Å². The van der Waals surface area contributed by atoms with Crippen LogP contribution in [0.4, 0.5) is 0 Å². The number of primary amides is 1. The molecule has 0 aliphatic carbocycles. The van der Waals surface area contributed by atoms with Crippen LogP contribution in [0.1, 0.15) is 20.8 Å². The Bertz CT molecular complexity index is 167. The predicted molar refractivity (Wildman–Crippen MR) is 39.8 cm³/mol. The number of rotatable bonds is 2. The fourth-order valence-corrected chi connectivity index (χ4v) is 0.919. The van der Waals surface area contributed by atoms with Crippen LogP contribution in [-0.4, -0.2) is 17.0 Å². The van der Waals surface area contributed by atoms with Crippen molar-refractivity contribution < 1.29 is 14.7 Å². The van der Waals surface area contributed by atoms with Gasteiger partial charge in [0.15, 0.2) is 0 Å². The van der Waals surface area contributed by atoms with Gasteiger partial charge in [0.25, 0.3) is 0 Å². The molecule has 0 aromatic heterocycles. The summed E-state index contributed by atoms with van der Waals surface area (Å²) in [6, 6.07) is 0. The summed E-state index contributed by atoms with van der Waals surface area (Å²) >= 11 is 0. The zero-order valence-electron chi connectivity index (χ0n) is 6.92. The van der Waals surface area contributed by atoms with Crippen molar-refractivity contribution >= 4 is 11.9 Å². The van der Waals surface area contributed by atoms with Crippen LogP contribution in [0.3, 0.4) is 0 Å². The Morgan fingerprint density at radius 1 is 1.36 bits per heavy atom.